The van der Waals surface area contributed by atoms with E-state index in [9.17, 15) is 9.90 Å². The molecule has 0 saturated carbocycles. The van der Waals surface area contributed by atoms with E-state index in [0.717, 1.165) is 24.2 Å². The number of aromatic carboxylic acids is 1. The molecule has 1 heterocycles. The van der Waals surface area contributed by atoms with Crippen LogP contribution in [0.5, 0.6) is 5.75 Å². The van der Waals surface area contributed by atoms with Gasteiger partial charge >= 0.3 is 5.97 Å². The van der Waals surface area contributed by atoms with Gasteiger partial charge in [-0.05, 0) is 30.3 Å². The number of rotatable bonds is 4. The molecule has 1 fully saturated rings. The van der Waals surface area contributed by atoms with Gasteiger partial charge in [0.1, 0.15) is 17.4 Å². The molecule has 4 nitrogen and oxygen atoms in total. The second-order valence-corrected chi connectivity index (χ2v) is 5.34. The number of nitrogens with zero attached hydrogens (tertiary/aromatic N) is 1. The van der Waals surface area contributed by atoms with Crippen molar-refractivity contribution < 1.29 is 14.6 Å². The molecule has 1 saturated heterocycles. The summed E-state index contributed by atoms with van der Waals surface area (Å²) in [5.74, 6) is -0.515. The van der Waals surface area contributed by atoms with E-state index in [-0.39, 0.29) is 11.7 Å². The Morgan fingerprint density at radius 1 is 1.14 bits per heavy atom. The maximum atomic E-state index is 11.3. The zero-order valence-corrected chi connectivity index (χ0v) is 11.8. The molecule has 2 aromatic carbocycles. The highest BCUT2D eigenvalue weighted by Crippen LogP contribution is 2.29. The molecule has 0 amide bonds. The molecule has 0 spiro atoms. The van der Waals surface area contributed by atoms with Gasteiger partial charge in [0.15, 0.2) is 0 Å². The molecule has 0 bridgehead atoms. The fourth-order valence-corrected chi connectivity index (χ4v) is 2.50. The van der Waals surface area contributed by atoms with E-state index in [4.69, 9.17) is 4.74 Å². The minimum absolute atomic E-state index is 0.0686. The van der Waals surface area contributed by atoms with E-state index in [1.54, 1.807) is 6.07 Å². The predicted molar refractivity (Wildman–Crippen MR) is 80.8 cm³/mol. The smallest absolute Gasteiger partial charge is 0.339 e. The third-order valence-electron chi connectivity index (χ3n) is 3.64. The van der Waals surface area contributed by atoms with Crippen molar-refractivity contribution in [2.45, 2.75) is 6.10 Å². The summed E-state index contributed by atoms with van der Waals surface area (Å²) in [6, 6.07) is 15.1. The number of benzene rings is 2. The number of hydrogen-bond acceptors (Lipinski definition) is 3. The van der Waals surface area contributed by atoms with Crippen molar-refractivity contribution in [3.8, 4) is 16.9 Å². The zero-order chi connectivity index (χ0) is 14.8. The molecular formula is C17H17NO3. The van der Waals surface area contributed by atoms with E-state index in [2.05, 4.69) is 4.90 Å². The summed E-state index contributed by atoms with van der Waals surface area (Å²) in [6.45, 7) is 1.66. The Labute approximate surface area is 123 Å². The lowest BCUT2D eigenvalue weighted by Gasteiger charge is -2.36. The van der Waals surface area contributed by atoms with Gasteiger partial charge < -0.3 is 9.84 Å². The number of carbonyl (C=O) groups is 1. The highest BCUT2D eigenvalue weighted by Gasteiger charge is 2.26. The lowest BCUT2D eigenvalue weighted by Crippen LogP contribution is -2.51. The van der Waals surface area contributed by atoms with Gasteiger partial charge in [0.2, 0.25) is 0 Å². The summed E-state index contributed by atoms with van der Waals surface area (Å²) in [6.07, 6.45) is 0.0686. The highest BCUT2D eigenvalue weighted by molar-refractivity contribution is 5.92. The Kier molecular flexibility index (Phi) is 3.62. The molecule has 3 rings (SSSR count). The topological polar surface area (TPSA) is 49.8 Å². The van der Waals surface area contributed by atoms with Crippen LogP contribution in [-0.2, 0) is 0 Å². The van der Waals surface area contributed by atoms with Crippen LogP contribution in [0.1, 0.15) is 10.4 Å². The van der Waals surface area contributed by atoms with Gasteiger partial charge in [-0.15, -0.1) is 0 Å². The summed E-state index contributed by atoms with van der Waals surface area (Å²) >= 11 is 0. The number of ether oxygens (including phenoxy) is 1. The van der Waals surface area contributed by atoms with Crippen LogP contribution in [0.25, 0.3) is 11.1 Å². The summed E-state index contributed by atoms with van der Waals surface area (Å²) in [5, 5.41) is 9.29. The van der Waals surface area contributed by atoms with E-state index >= 15 is 0 Å². The fraction of sp³-hybridized carbons (Fsp3) is 0.235. The largest absolute Gasteiger partial charge is 0.487 e. The summed E-state index contributed by atoms with van der Waals surface area (Å²) in [5.41, 5.74) is 2.22. The first-order chi connectivity index (χ1) is 10.1. The van der Waals surface area contributed by atoms with Crippen LogP contribution < -0.4 is 4.74 Å². The standard InChI is InChI=1S/C17H17NO3/c1-18-10-14(11-18)21-16-9-13(7-8-15(16)17(19)20)12-5-3-2-4-6-12/h2-9,14H,10-11H2,1H3,(H,19,20). The van der Waals surface area contributed by atoms with Gasteiger partial charge in [-0.2, -0.15) is 0 Å². The predicted octanol–water partition coefficient (Wildman–Crippen LogP) is 2.74. The van der Waals surface area contributed by atoms with E-state index in [1.807, 2.05) is 49.5 Å². The van der Waals surface area contributed by atoms with Crippen LogP contribution in [0.15, 0.2) is 48.5 Å². The Bertz CT molecular complexity index is 648. The maximum Gasteiger partial charge on any atom is 0.339 e. The number of carboxylic acids is 1. The van der Waals surface area contributed by atoms with Crippen LogP contribution in [0.3, 0.4) is 0 Å². The monoisotopic (exact) mass is 283 g/mol. The lowest BCUT2D eigenvalue weighted by molar-refractivity contribution is 0.0370. The molecule has 0 atom stereocenters. The molecule has 108 valence electrons. The molecule has 0 radical (unpaired) electrons. The van der Waals surface area contributed by atoms with Crippen LogP contribution in [-0.4, -0.2) is 42.2 Å². The minimum Gasteiger partial charge on any atom is -0.487 e. The number of hydrogen-bond donors (Lipinski definition) is 1. The second kappa shape index (κ2) is 5.58. The van der Waals surface area contributed by atoms with Crippen LogP contribution in [0.2, 0.25) is 0 Å². The Balaban J connectivity index is 1.92. The Hall–Kier alpha value is -2.33. The zero-order valence-electron chi connectivity index (χ0n) is 11.8. The first-order valence-corrected chi connectivity index (χ1v) is 6.91. The SMILES string of the molecule is CN1CC(Oc2cc(-c3ccccc3)ccc2C(=O)O)C1. The van der Waals surface area contributed by atoms with Crippen LogP contribution in [0, 0.1) is 0 Å². The minimum atomic E-state index is -0.961. The molecule has 4 heteroatoms. The molecule has 21 heavy (non-hydrogen) atoms. The van der Waals surface area contributed by atoms with Crippen molar-refractivity contribution in [3.05, 3.63) is 54.1 Å². The Morgan fingerprint density at radius 2 is 1.86 bits per heavy atom. The first kappa shape index (κ1) is 13.6. The van der Waals surface area contributed by atoms with Gasteiger partial charge in [0.05, 0.1) is 0 Å². The normalized spacial score (nSPS) is 15.5. The molecule has 2 aromatic rings. The van der Waals surface area contributed by atoms with Crippen molar-refractivity contribution in [1.29, 1.82) is 0 Å². The van der Waals surface area contributed by atoms with E-state index < -0.39 is 5.97 Å². The molecule has 0 unspecified atom stereocenters. The highest BCUT2D eigenvalue weighted by atomic mass is 16.5. The third kappa shape index (κ3) is 2.90. The van der Waals surface area contributed by atoms with E-state index in [0.29, 0.717) is 5.75 Å². The molecule has 1 aliphatic heterocycles. The second-order valence-electron chi connectivity index (χ2n) is 5.34. The van der Waals surface area contributed by atoms with Gasteiger partial charge in [0.25, 0.3) is 0 Å². The average molecular weight is 283 g/mol. The summed E-state index contributed by atoms with van der Waals surface area (Å²) in [7, 11) is 2.01. The summed E-state index contributed by atoms with van der Waals surface area (Å²) in [4.78, 5) is 13.5. The molecular weight excluding hydrogens is 266 g/mol. The van der Waals surface area contributed by atoms with Gasteiger partial charge in [0, 0.05) is 13.1 Å². The maximum absolute atomic E-state index is 11.3. The number of likely N-dealkylation sites (tertiary alicyclic amines) is 1. The van der Waals surface area contributed by atoms with Gasteiger partial charge in [-0.3, -0.25) is 4.90 Å². The lowest BCUT2D eigenvalue weighted by atomic mass is 10.0. The summed E-state index contributed by atoms with van der Waals surface area (Å²) < 4.78 is 5.85. The molecule has 1 aliphatic rings. The van der Waals surface area contributed by atoms with Gasteiger partial charge in [-0.25, -0.2) is 4.79 Å². The number of carboxylic acid groups (broad SMARTS) is 1. The third-order valence-corrected chi connectivity index (χ3v) is 3.64. The quantitative estimate of drug-likeness (QED) is 0.937. The van der Waals surface area contributed by atoms with Crippen LogP contribution in [0.4, 0.5) is 0 Å². The molecule has 0 aromatic heterocycles. The van der Waals surface area contributed by atoms with Gasteiger partial charge in [-0.1, -0.05) is 36.4 Å². The fourth-order valence-electron chi connectivity index (χ4n) is 2.50. The molecule has 1 N–H and O–H groups in total. The van der Waals surface area contributed by atoms with Crippen molar-refractivity contribution in [3.63, 3.8) is 0 Å². The van der Waals surface area contributed by atoms with Crippen LogP contribution >= 0.6 is 0 Å². The van der Waals surface area contributed by atoms with E-state index in [1.165, 1.54) is 0 Å². The first-order valence-electron chi connectivity index (χ1n) is 6.91. The van der Waals surface area contributed by atoms with Crippen molar-refractivity contribution in [2.24, 2.45) is 0 Å². The molecule has 0 aliphatic carbocycles. The van der Waals surface area contributed by atoms with Crippen molar-refractivity contribution in [1.82, 2.24) is 4.90 Å². The van der Waals surface area contributed by atoms with Crippen molar-refractivity contribution in [2.75, 3.05) is 20.1 Å². The number of likely N-dealkylation sites (N-methyl/N-ethyl adjacent to an activating group) is 1. The Morgan fingerprint density at radius 3 is 2.48 bits per heavy atom. The van der Waals surface area contributed by atoms with Crippen molar-refractivity contribution >= 4 is 5.97 Å². The average Bonchev–Trinajstić information content (AvgIpc) is 2.46.